The van der Waals surface area contributed by atoms with Gasteiger partial charge in [0.15, 0.2) is 0 Å². The fourth-order valence-corrected chi connectivity index (χ4v) is 2.25. The Labute approximate surface area is 126 Å². The van der Waals surface area contributed by atoms with Crippen LogP contribution in [-0.2, 0) is 4.79 Å². The van der Waals surface area contributed by atoms with Gasteiger partial charge in [-0.15, -0.1) is 12.3 Å². The maximum absolute atomic E-state index is 12.0. The zero-order chi connectivity index (χ0) is 14.5. The number of hydrogen-bond donors (Lipinski definition) is 1. The average Bonchev–Trinajstić information content (AvgIpc) is 2.48. The molecule has 0 radical (unpaired) electrons. The molecule has 1 amide bonds. The minimum Gasteiger partial charge on any atom is -0.338 e. The molecule has 1 unspecified atom stereocenters. The van der Waals surface area contributed by atoms with Gasteiger partial charge in [0.25, 0.3) is 0 Å². The van der Waals surface area contributed by atoms with Crippen molar-refractivity contribution < 1.29 is 4.79 Å². The van der Waals surface area contributed by atoms with E-state index in [1.165, 1.54) is 0 Å². The van der Waals surface area contributed by atoms with Gasteiger partial charge in [-0.1, -0.05) is 0 Å². The molecule has 106 valence electrons. The van der Waals surface area contributed by atoms with Crippen LogP contribution in [0.4, 0.5) is 5.95 Å². The molecule has 1 aliphatic rings. The average molecular weight is 338 g/mol. The van der Waals surface area contributed by atoms with E-state index in [2.05, 4.69) is 31.8 Å². The molecule has 1 fully saturated rings. The molecular weight excluding hydrogens is 322 g/mol. The van der Waals surface area contributed by atoms with Crippen LogP contribution in [0.5, 0.6) is 0 Å². The fraction of sp³-hybridized carbons (Fsp3) is 0.462. The first-order valence-corrected chi connectivity index (χ1v) is 7.11. The van der Waals surface area contributed by atoms with Crippen LogP contribution in [0.25, 0.3) is 0 Å². The molecule has 0 aromatic carbocycles. The lowest BCUT2D eigenvalue weighted by Crippen LogP contribution is -2.53. The molecular formula is C13H16BrN5O. The SMILES string of the molecule is C#CCC(N)C(=O)N1CCN(c2ncc(Br)cn2)CC1. The first kappa shape index (κ1) is 14.8. The Bertz CT molecular complexity index is 504. The molecule has 0 bridgehead atoms. The molecule has 7 heteroatoms. The van der Waals surface area contributed by atoms with Crippen molar-refractivity contribution in [3.8, 4) is 12.3 Å². The zero-order valence-corrected chi connectivity index (χ0v) is 12.6. The molecule has 1 atom stereocenters. The summed E-state index contributed by atoms with van der Waals surface area (Å²) in [5.41, 5.74) is 5.74. The second kappa shape index (κ2) is 6.68. The van der Waals surface area contributed by atoms with Crippen LogP contribution < -0.4 is 10.6 Å². The van der Waals surface area contributed by atoms with Crippen LogP contribution in [0.3, 0.4) is 0 Å². The van der Waals surface area contributed by atoms with Crippen molar-refractivity contribution in [1.29, 1.82) is 0 Å². The Morgan fingerprint density at radius 1 is 1.40 bits per heavy atom. The van der Waals surface area contributed by atoms with Gasteiger partial charge in [-0.25, -0.2) is 9.97 Å². The van der Waals surface area contributed by atoms with Crippen molar-refractivity contribution in [3.05, 3.63) is 16.9 Å². The lowest BCUT2D eigenvalue weighted by atomic mass is 10.2. The minimum absolute atomic E-state index is 0.0840. The monoisotopic (exact) mass is 337 g/mol. The van der Waals surface area contributed by atoms with Crippen LogP contribution in [0.1, 0.15) is 6.42 Å². The molecule has 1 saturated heterocycles. The van der Waals surface area contributed by atoms with Gasteiger partial charge in [-0.2, -0.15) is 0 Å². The van der Waals surface area contributed by atoms with Crippen molar-refractivity contribution in [2.75, 3.05) is 31.1 Å². The van der Waals surface area contributed by atoms with Crippen LogP contribution in [-0.4, -0.2) is 53.0 Å². The van der Waals surface area contributed by atoms with Crippen LogP contribution in [0.2, 0.25) is 0 Å². The van der Waals surface area contributed by atoms with Crippen molar-refractivity contribution in [2.24, 2.45) is 5.73 Å². The maximum Gasteiger partial charge on any atom is 0.240 e. The summed E-state index contributed by atoms with van der Waals surface area (Å²) in [6.45, 7) is 2.60. The summed E-state index contributed by atoms with van der Waals surface area (Å²) < 4.78 is 0.843. The number of halogens is 1. The molecule has 6 nitrogen and oxygen atoms in total. The molecule has 1 aliphatic heterocycles. The van der Waals surface area contributed by atoms with Crippen LogP contribution in [0.15, 0.2) is 16.9 Å². The van der Waals surface area contributed by atoms with Gasteiger partial charge in [0, 0.05) is 45.0 Å². The minimum atomic E-state index is -0.601. The molecule has 20 heavy (non-hydrogen) atoms. The molecule has 0 saturated carbocycles. The number of carbonyl (C=O) groups excluding carboxylic acids is 1. The number of aromatic nitrogens is 2. The summed E-state index contributed by atoms with van der Waals surface area (Å²) in [7, 11) is 0. The Kier molecular flexibility index (Phi) is 4.93. The lowest BCUT2D eigenvalue weighted by Gasteiger charge is -2.35. The van der Waals surface area contributed by atoms with E-state index in [0.29, 0.717) is 32.1 Å². The highest BCUT2D eigenvalue weighted by molar-refractivity contribution is 9.10. The van der Waals surface area contributed by atoms with Gasteiger partial charge in [-0.05, 0) is 15.9 Å². The number of anilines is 1. The summed E-state index contributed by atoms with van der Waals surface area (Å²) in [4.78, 5) is 24.3. The Morgan fingerprint density at radius 2 is 2.00 bits per heavy atom. The van der Waals surface area contributed by atoms with Gasteiger partial charge in [0.05, 0.1) is 10.5 Å². The summed E-state index contributed by atoms with van der Waals surface area (Å²) in [5.74, 6) is 3.01. The van der Waals surface area contributed by atoms with E-state index in [9.17, 15) is 4.79 Å². The summed E-state index contributed by atoms with van der Waals surface area (Å²) in [6.07, 6.45) is 8.87. The van der Waals surface area contributed by atoms with Crippen LogP contribution >= 0.6 is 15.9 Å². The van der Waals surface area contributed by atoms with Crippen LogP contribution in [0, 0.1) is 12.3 Å². The molecule has 0 spiro atoms. The van der Waals surface area contributed by atoms with E-state index in [4.69, 9.17) is 12.2 Å². The summed E-state index contributed by atoms with van der Waals surface area (Å²) in [6, 6.07) is -0.601. The fourth-order valence-electron chi connectivity index (χ4n) is 2.04. The van der Waals surface area contributed by atoms with Crippen molar-refractivity contribution in [1.82, 2.24) is 14.9 Å². The van der Waals surface area contributed by atoms with Crippen molar-refractivity contribution in [3.63, 3.8) is 0 Å². The van der Waals surface area contributed by atoms with E-state index in [0.717, 1.165) is 4.47 Å². The van der Waals surface area contributed by atoms with Gasteiger partial charge >= 0.3 is 0 Å². The standard InChI is InChI=1S/C13H16BrN5O/c1-2-3-11(15)12(20)18-4-6-19(7-5-18)13-16-8-10(14)9-17-13/h1,8-9,11H,3-7,15H2. The van der Waals surface area contributed by atoms with E-state index < -0.39 is 6.04 Å². The molecule has 1 aromatic heterocycles. The largest absolute Gasteiger partial charge is 0.338 e. The number of terminal acetylenes is 1. The number of carbonyl (C=O) groups is 1. The summed E-state index contributed by atoms with van der Waals surface area (Å²) in [5, 5.41) is 0. The smallest absolute Gasteiger partial charge is 0.240 e. The second-order valence-corrected chi connectivity index (χ2v) is 5.44. The zero-order valence-electron chi connectivity index (χ0n) is 11.0. The number of hydrogen-bond acceptors (Lipinski definition) is 5. The second-order valence-electron chi connectivity index (χ2n) is 4.53. The third kappa shape index (κ3) is 3.46. The molecule has 2 N–H and O–H groups in total. The Balaban J connectivity index is 1.91. The number of amides is 1. The first-order valence-electron chi connectivity index (χ1n) is 6.32. The quantitative estimate of drug-likeness (QED) is 0.799. The van der Waals surface area contributed by atoms with E-state index >= 15 is 0 Å². The van der Waals surface area contributed by atoms with Gasteiger partial charge in [0.2, 0.25) is 11.9 Å². The molecule has 2 rings (SSSR count). The Hall–Kier alpha value is -1.65. The predicted molar refractivity (Wildman–Crippen MR) is 80.0 cm³/mol. The predicted octanol–water partition coefficient (Wildman–Crippen LogP) is 0.238. The highest BCUT2D eigenvalue weighted by atomic mass is 79.9. The normalized spacial score (nSPS) is 16.6. The number of nitrogens with two attached hydrogens (primary N) is 1. The van der Waals surface area contributed by atoms with E-state index in [-0.39, 0.29) is 12.3 Å². The van der Waals surface area contributed by atoms with Gasteiger partial charge in [-0.3, -0.25) is 4.79 Å². The Morgan fingerprint density at radius 3 is 2.55 bits per heavy atom. The number of rotatable bonds is 3. The molecule has 0 aliphatic carbocycles. The lowest BCUT2D eigenvalue weighted by molar-refractivity contribution is -0.132. The first-order chi connectivity index (χ1) is 9.61. The van der Waals surface area contributed by atoms with E-state index in [1.54, 1.807) is 17.3 Å². The van der Waals surface area contributed by atoms with E-state index in [1.807, 2.05) is 4.90 Å². The highest BCUT2D eigenvalue weighted by Crippen LogP contribution is 2.13. The highest BCUT2D eigenvalue weighted by Gasteiger charge is 2.25. The third-order valence-electron chi connectivity index (χ3n) is 3.14. The topological polar surface area (TPSA) is 75.4 Å². The number of piperazine rings is 1. The molecule has 2 heterocycles. The maximum atomic E-state index is 12.0. The number of nitrogens with zero attached hydrogens (tertiary/aromatic N) is 4. The van der Waals surface area contributed by atoms with Crippen molar-refractivity contribution >= 4 is 27.8 Å². The van der Waals surface area contributed by atoms with Gasteiger partial charge in [0.1, 0.15) is 0 Å². The van der Waals surface area contributed by atoms with Crippen molar-refractivity contribution in [2.45, 2.75) is 12.5 Å². The molecule has 1 aromatic rings. The summed E-state index contributed by atoms with van der Waals surface area (Å²) >= 11 is 3.30. The third-order valence-corrected chi connectivity index (χ3v) is 3.55. The van der Waals surface area contributed by atoms with Gasteiger partial charge < -0.3 is 15.5 Å².